The van der Waals surface area contributed by atoms with Crippen LogP contribution in [0.2, 0.25) is 5.02 Å². The summed E-state index contributed by atoms with van der Waals surface area (Å²) in [5.74, 6) is 0.722. The van der Waals surface area contributed by atoms with Gasteiger partial charge in [-0.2, -0.15) is 0 Å². The van der Waals surface area contributed by atoms with Gasteiger partial charge in [0.2, 0.25) is 0 Å². The molecule has 0 fully saturated rings. The number of halogens is 1. The van der Waals surface area contributed by atoms with E-state index in [9.17, 15) is 4.79 Å². The average Bonchev–Trinajstić information content (AvgIpc) is 2.59. The molecule has 0 aliphatic rings. The molecule has 3 aromatic rings. The van der Waals surface area contributed by atoms with Gasteiger partial charge in [-0.15, -0.1) is 0 Å². The lowest BCUT2D eigenvalue weighted by molar-refractivity contribution is 0.102. The molecular weight excluding hydrogens is 348 g/mol. The zero-order chi connectivity index (χ0) is 18.7. The minimum absolute atomic E-state index is 0.267. The summed E-state index contributed by atoms with van der Waals surface area (Å²) in [4.78, 5) is 21.1. The number of rotatable bonds is 4. The van der Waals surface area contributed by atoms with Gasteiger partial charge in [-0.1, -0.05) is 29.8 Å². The first kappa shape index (κ1) is 17.9. The van der Waals surface area contributed by atoms with E-state index in [1.54, 1.807) is 37.3 Å². The minimum atomic E-state index is -0.341. The lowest BCUT2D eigenvalue weighted by Gasteiger charge is -2.11. The summed E-state index contributed by atoms with van der Waals surface area (Å²) < 4.78 is 0. The van der Waals surface area contributed by atoms with E-state index in [0.717, 1.165) is 5.69 Å². The van der Waals surface area contributed by atoms with Gasteiger partial charge in [-0.3, -0.25) is 4.79 Å². The molecule has 1 heterocycles. The fraction of sp³-hybridized carbons (Fsp3) is 0.150. The van der Waals surface area contributed by atoms with Crippen LogP contribution in [0.4, 0.5) is 17.2 Å². The topological polar surface area (TPSA) is 66.9 Å². The third-order valence-corrected chi connectivity index (χ3v) is 4.30. The Morgan fingerprint density at radius 1 is 0.962 bits per heavy atom. The van der Waals surface area contributed by atoms with Crippen LogP contribution in [-0.4, -0.2) is 15.9 Å². The van der Waals surface area contributed by atoms with Crippen LogP contribution in [0.5, 0.6) is 0 Å². The smallest absolute Gasteiger partial charge is 0.274 e. The number of para-hydroxylation sites is 1. The van der Waals surface area contributed by atoms with Crippen LogP contribution >= 0.6 is 11.6 Å². The summed E-state index contributed by atoms with van der Waals surface area (Å²) >= 11 is 6.09. The van der Waals surface area contributed by atoms with Crippen molar-refractivity contribution in [2.75, 3.05) is 10.6 Å². The maximum absolute atomic E-state index is 12.5. The molecule has 0 atom stereocenters. The molecule has 0 unspecified atom stereocenters. The number of carbonyl (C=O) groups is 1. The Balaban J connectivity index is 1.84. The Morgan fingerprint density at radius 3 is 2.46 bits per heavy atom. The lowest BCUT2D eigenvalue weighted by atomic mass is 10.1. The summed E-state index contributed by atoms with van der Waals surface area (Å²) in [6, 6.07) is 14.7. The fourth-order valence-electron chi connectivity index (χ4n) is 2.46. The monoisotopic (exact) mass is 366 g/mol. The van der Waals surface area contributed by atoms with E-state index in [2.05, 4.69) is 27.5 Å². The predicted octanol–water partition coefficient (Wildman–Crippen LogP) is 5.05. The third-order valence-electron chi connectivity index (χ3n) is 3.97. The highest BCUT2D eigenvalue weighted by molar-refractivity contribution is 6.33. The second-order valence-electron chi connectivity index (χ2n) is 6.04. The van der Waals surface area contributed by atoms with Crippen molar-refractivity contribution in [1.82, 2.24) is 9.97 Å². The first-order chi connectivity index (χ1) is 12.4. The standard InChI is InChI=1S/C20H19ClN4O/c1-12-8-9-15(10-13(12)2)24-19-11-18(22-14(3)23-19)20(26)25-17-7-5-4-6-16(17)21/h4-11H,1-3H3,(H,25,26)(H,22,23,24). The maximum atomic E-state index is 12.5. The van der Waals surface area contributed by atoms with E-state index < -0.39 is 0 Å². The third kappa shape index (κ3) is 4.18. The quantitative estimate of drug-likeness (QED) is 0.678. The van der Waals surface area contributed by atoms with Crippen molar-refractivity contribution in [2.24, 2.45) is 0 Å². The molecule has 5 nitrogen and oxygen atoms in total. The van der Waals surface area contributed by atoms with Crippen molar-refractivity contribution >= 4 is 34.7 Å². The molecule has 132 valence electrons. The number of benzene rings is 2. The molecule has 1 amide bonds. The number of amides is 1. The molecule has 26 heavy (non-hydrogen) atoms. The zero-order valence-corrected chi connectivity index (χ0v) is 15.6. The normalized spacial score (nSPS) is 10.5. The van der Waals surface area contributed by atoms with Crippen LogP contribution < -0.4 is 10.6 Å². The molecule has 2 N–H and O–H groups in total. The second-order valence-corrected chi connectivity index (χ2v) is 6.45. The number of nitrogens with one attached hydrogen (secondary N) is 2. The van der Waals surface area contributed by atoms with E-state index in [1.807, 2.05) is 25.1 Å². The van der Waals surface area contributed by atoms with Gasteiger partial charge < -0.3 is 10.6 Å². The summed E-state index contributed by atoms with van der Waals surface area (Å²) in [5, 5.41) is 6.47. The molecule has 0 spiro atoms. The molecule has 3 rings (SSSR count). The molecule has 0 saturated heterocycles. The number of aromatic nitrogens is 2. The zero-order valence-electron chi connectivity index (χ0n) is 14.8. The van der Waals surface area contributed by atoms with E-state index in [1.165, 1.54) is 11.1 Å². The van der Waals surface area contributed by atoms with E-state index >= 15 is 0 Å². The van der Waals surface area contributed by atoms with Gasteiger partial charge >= 0.3 is 0 Å². The van der Waals surface area contributed by atoms with Gasteiger partial charge in [-0.25, -0.2) is 9.97 Å². The molecular formula is C20H19ClN4O. The number of hydrogen-bond donors (Lipinski definition) is 2. The molecule has 0 radical (unpaired) electrons. The summed E-state index contributed by atoms with van der Waals surface area (Å²) in [6.45, 7) is 5.86. The van der Waals surface area contributed by atoms with Crippen molar-refractivity contribution in [3.63, 3.8) is 0 Å². The largest absolute Gasteiger partial charge is 0.340 e. The van der Waals surface area contributed by atoms with Crippen molar-refractivity contribution in [3.05, 3.63) is 76.2 Å². The number of hydrogen-bond acceptors (Lipinski definition) is 4. The first-order valence-corrected chi connectivity index (χ1v) is 8.56. The van der Waals surface area contributed by atoms with Crippen molar-refractivity contribution in [1.29, 1.82) is 0 Å². The number of anilines is 3. The Hall–Kier alpha value is -2.92. The molecule has 2 aromatic carbocycles. The van der Waals surface area contributed by atoms with Gasteiger partial charge in [0.05, 0.1) is 10.7 Å². The SMILES string of the molecule is Cc1nc(Nc2ccc(C)c(C)c2)cc(C(=O)Nc2ccccc2Cl)n1. The minimum Gasteiger partial charge on any atom is -0.340 e. The van der Waals surface area contributed by atoms with Crippen molar-refractivity contribution in [3.8, 4) is 0 Å². The van der Waals surface area contributed by atoms with Crippen LogP contribution in [-0.2, 0) is 0 Å². The molecule has 1 aromatic heterocycles. The Kier molecular flexibility index (Phi) is 5.19. The van der Waals surface area contributed by atoms with Crippen LogP contribution in [0.15, 0.2) is 48.5 Å². The van der Waals surface area contributed by atoms with Gasteiger partial charge in [0.1, 0.15) is 17.3 Å². The average molecular weight is 367 g/mol. The number of nitrogens with zero attached hydrogens (tertiary/aromatic N) is 2. The Morgan fingerprint density at radius 2 is 1.73 bits per heavy atom. The molecule has 6 heteroatoms. The molecule has 0 aliphatic carbocycles. The van der Waals surface area contributed by atoms with Gasteiger partial charge in [-0.05, 0) is 56.2 Å². The van der Waals surface area contributed by atoms with E-state index in [-0.39, 0.29) is 11.6 Å². The second kappa shape index (κ2) is 7.54. The van der Waals surface area contributed by atoms with Crippen molar-refractivity contribution in [2.45, 2.75) is 20.8 Å². The highest BCUT2D eigenvalue weighted by atomic mass is 35.5. The van der Waals surface area contributed by atoms with Crippen LogP contribution in [0.1, 0.15) is 27.4 Å². The predicted molar refractivity (Wildman–Crippen MR) is 105 cm³/mol. The Labute approximate surface area is 157 Å². The summed E-state index contributed by atoms with van der Waals surface area (Å²) in [5.41, 5.74) is 4.11. The van der Waals surface area contributed by atoms with E-state index in [0.29, 0.717) is 22.4 Å². The number of aryl methyl sites for hydroxylation is 3. The first-order valence-electron chi connectivity index (χ1n) is 8.18. The van der Waals surface area contributed by atoms with Gasteiger partial charge in [0.15, 0.2) is 0 Å². The highest BCUT2D eigenvalue weighted by Gasteiger charge is 2.12. The summed E-state index contributed by atoms with van der Waals surface area (Å²) in [6.07, 6.45) is 0. The van der Waals surface area contributed by atoms with Gasteiger partial charge in [0, 0.05) is 11.8 Å². The molecule has 0 bridgehead atoms. The maximum Gasteiger partial charge on any atom is 0.274 e. The van der Waals surface area contributed by atoms with Crippen molar-refractivity contribution < 1.29 is 4.79 Å². The van der Waals surface area contributed by atoms with Gasteiger partial charge in [0.25, 0.3) is 5.91 Å². The van der Waals surface area contributed by atoms with E-state index in [4.69, 9.17) is 11.6 Å². The molecule has 0 saturated carbocycles. The summed E-state index contributed by atoms with van der Waals surface area (Å²) in [7, 11) is 0. The van der Waals surface area contributed by atoms with Crippen LogP contribution in [0.25, 0.3) is 0 Å². The van der Waals surface area contributed by atoms with Crippen LogP contribution in [0, 0.1) is 20.8 Å². The van der Waals surface area contributed by atoms with Crippen LogP contribution in [0.3, 0.4) is 0 Å². The lowest BCUT2D eigenvalue weighted by Crippen LogP contribution is -2.15. The molecule has 0 aliphatic heterocycles. The fourth-order valence-corrected chi connectivity index (χ4v) is 2.65. The highest BCUT2D eigenvalue weighted by Crippen LogP contribution is 2.22. The Bertz CT molecular complexity index is 972. The number of carbonyl (C=O) groups excluding carboxylic acids is 1.